The molecule has 0 nitrogen and oxygen atoms in total. The molecule has 0 aliphatic carbocycles. The molecule has 0 saturated heterocycles. The highest BCUT2D eigenvalue weighted by Crippen LogP contribution is 2.30. The molecule has 0 N–H and O–H groups in total. The lowest BCUT2D eigenvalue weighted by Crippen LogP contribution is -2.19. The summed E-state index contributed by atoms with van der Waals surface area (Å²) in [5, 5.41) is 0. The summed E-state index contributed by atoms with van der Waals surface area (Å²) >= 11 is 0. The van der Waals surface area contributed by atoms with Crippen molar-refractivity contribution >= 4 is 0 Å². The topological polar surface area (TPSA) is 0 Å². The van der Waals surface area contributed by atoms with Gasteiger partial charge in [0.25, 0.3) is 0 Å². The first-order valence-electron chi connectivity index (χ1n) is 4.85. The van der Waals surface area contributed by atoms with E-state index in [1.807, 2.05) is 0 Å². The number of halogens is 6. The maximum Gasteiger partial charge on any atom is 0.394 e. The third kappa shape index (κ3) is 6.02. The standard InChI is InChI=1S/C10H14F6/c1-7(9(11,12)13)5-3-4-6-8(2)10(14,15)16/h3,5,7-8H,4,6H2,1-2H3. The molecule has 0 radical (unpaired) electrons. The zero-order valence-electron chi connectivity index (χ0n) is 8.99. The van der Waals surface area contributed by atoms with E-state index in [0.29, 0.717) is 0 Å². The molecular formula is C10H14F6. The third-order valence-electron chi connectivity index (χ3n) is 2.27. The predicted octanol–water partition coefficient (Wildman–Crippen LogP) is 4.72. The van der Waals surface area contributed by atoms with Gasteiger partial charge in [-0.25, -0.2) is 0 Å². The van der Waals surface area contributed by atoms with Crippen LogP contribution in [0.15, 0.2) is 12.2 Å². The van der Waals surface area contributed by atoms with Crippen LogP contribution in [0.5, 0.6) is 0 Å². The van der Waals surface area contributed by atoms with E-state index in [0.717, 1.165) is 26.0 Å². The zero-order chi connectivity index (χ0) is 13.0. The fourth-order valence-electron chi connectivity index (χ4n) is 0.919. The summed E-state index contributed by atoms with van der Waals surface area (Å²) in [6.07, 6.45) is -6.75. The van der Waals surface area contributed by atoms with Crippen molar-refractivity contribution in [3.63, 3.8) is 0 Å². The first kappa shape index (κ1) is 15.3. The summed E-state index contributed by atoms with van der Waals surface area (Å²) in [7, 11) is 0. The van der Waals surface area contributed by atoms with Crippen molar-refractivity contribution in [2.45, 2.75) is 39.0 Å². The molecule has 0 heterocycles. The lowest BCUT2D eigenvalue weighted by molar-refractivity contribution is -0.171. The smallest absolute Gasteiger partial charge is 0.171 e. The molecule has 0 aromatic carbocycles. The highest BCUT2D eigenvalue weighted by molar-refractivity contribution is 4.90. The van der Waals surface area contributed by atoms with Crippen LogP contribution in [-0.2, 0) is 0 Å². The van der Waals surface area contributed by atoms with Crippen LogP contribution < -0.4 is 0 Å². The van der Waals surface area contributed by atoms with Crippen molar-refractivity contribution in [3.8, 4) is 0 Å². The molecule has 16 heavy (non-hydrogen) atoms. The van der Waals surface area contributed by atoms with Crippen molar-refractivity contribution in [1.82, 2.24) is 0 Å². The summed E-state index contributed by atoms with van der Waals surface area (Å²) in [6.45, 7) is 1.98. The number of alkyl halides is 6. The van der Waals surface area contributed by atoms with Gasteiger partial charge in [-0.1, -0.05) is 26.0 Å². The Morgan fingerprint density at radius 1 is 0.938 bits per heavy atom. The van der Waals surface area contributed by atoms with Crippen molar-refractivity contribution in [1.29, 1.82) is 0 Å². The maximum atomic E-state index is 12.0. The first-order chi connectivity index (χ1) is 7.05. The molecule has 0 aromatic rings. The fraction of sp³-hybridized carbons (Fsp3) is 0.800. The van der Waals surface area contributed by atoms with E-state index in [4.69, 9.17) is 0 Å². The molecule has 2 unspecified atom stereocenters. The Labute approximate surface area is 90.3 Å². The second-order valence-electron chi connectivity index (χ2n) is 3.78. The van der Waals surface area contributed by atoms with Crippen molar-refractivity contribution in [2.75, 3.05) is 0 Å². The molecular weight excluding hydrogens is 234 g/mol. The Hall–Kier alpha value is -0.680. The minimum atomic E-state index is -4.33. The van der Waals surface area contributed by atoms with E-state index in [2.05, 4.69) is 0 Å². The van der Waals surface area contributed by atoms with Gasteiger partial charge in [0, 0.05) is 0 Å². The van der Waals surface area contributed by atoms with Crippen LogP contribution in [0, 0.1) is 11.8 Å². The largest absolute Gasteiger partial charge is 0.394 e. The van der Waals surface area contributed by atoms with E-state index < -0.39 is 24.2 Å². The quantitative estimate of drug-likeness (QED) is 0.499. The molecule has 0 aliphatic rings. The summed E-state index contributed by atoms with van der Waals surface area (Å²) in [5.41, 5.74) is 0. The molecule has 0 aliphatic heterocycles. The zero-order valence-corrected chi connectivity index (χ0v) is 8.99. The lowest BCUT2D eigenvalue weighted by Gasteiger charge is -2.14. The molecule has 0 aromatic heterocycles. The van der Waals surface area contributed by atoms with Crippen LogP contribution in [0.2, 0.25) is 0 Å². The normalized spacial score (nSPS) is 17.8. The second-order valence-corrected chi connectivity index (χ2v) is 3.78. The van der Waals surface area contributed by atoms with E-state index >= 15 is 0 Å². The molecule has 0 amide bonds. The number of rotatable bonds is 4. The van der Waals surface area contributed by atoms with E-state index in [1.165, 1.54) is 0 Å². The van der Waals surface area contributed by atoms with Gasteiger partial charge in [0.1, 0.15) is 0 Å². The van der Waals surface area contributed by atoms with Crippen molar-refractivity contribution < 1.29 is 26.3 Å². The van der Waals surface area contributed by atoms with Gasteiger partial charge in [0.2, 0.25) is 0 Å². The third-order valence-corrected chi connectivity index (χ3v) is 2.27. The molecule has 0 fully saturated rings. The van der Waals surface area contributed by atoms with E-state index in [-0.39, 0.29) is 12.8 Å². The number of hydrogen-bond donors (Lipinski definition) is 0. The molecule has 0 rings (SSSR count). The summed E-state index contributed by atoms with van der Waals surface area (Å²) < 4.78 is 72.0. The molecule has 2 atom stereocenters. The summed E-state index contributed by atoms with van der Waals surface area (Å²) in [6, 6.07) is 0. The van der Waals surface area contributed by atoms with Crippen LogP contribution in [0.1, 0.15) is 26.7 Å². The lowest BCUT2D eigenvalue weighted by atomic mass is 10.0. The Morgan fingerprint density at radius 2 is 1.44 bits per heavy atom. The minimum absolute atomic E-state index is 0.00109. The van der Waals surface area contributed by atoms with Crippen molar-refractivity contribution in [3.05, 3.63) is 12.2 Å². The van der Waals surface area contributed by atoms with Gasteiger partial charge in [-0.2, -0.15) is 26.3 Å². The summed E-state index contributed by atoms with van der Waals surface area (Å²) in [4.78, 5) is 0. The fourth-order valence-corrected chi connectivity index (χ4v) is 0.919. The van der Waals surface area contributed by atoms with Crippen molar-refractivity contribution in [2.24, 2.45) is 11.8 Å². The van der Waals surface area contributed by atoms with Crippen LogP contribution in [-0.4, -0.2) is 12.4 Å². The SMILES string of the molecule is CC(C=CCCC(C)C(F)(F)F)C(F)(F)F. The highest BCUT2D eigenvalue weighted by Gasteiger charge is 2.35. The second kappa shape index (κ2) is 5.59. The average molecular weight is 248 g/mol. The first-order valence-corrected chi connectivity index (χ1v) is 4.85. The van der Waals surface area contributed by atoms with Crippen LogP contribution >= 0.6 is 0 Å². The van der Waals surface area contributed by atoms with E-state index in [9.17, 15) is 26.3 Å². The molecule has 96 valence electrons. The van der Waals surface area contributed by atoms with Crippen LogP contribution in [0.25, 0.3) is 0 Å². The van der Waals surface area contributed by atoms with Gasteiger partial charge < -0.3 is 0 Å². The molecule has 6 heteroatoms. The van der Waals surface area contributed by atoms with Gasteiger partial charge in [0.15, 0.2) is 0 Å². The van der Waals surface area contributed by atoms with Crippen LogP contribution in [0.4, 0.5) is 26.3 Å². The number of allylic oxidation sites excluding steroid dienone is 2. The summed E-state index contributed by atoms with van der Waals surface area (Å²) in [5.74, 6) is -3.10. The molecule has 0 saturated carbocycles. The monoisotopic (exact) mass is 248 g/mol. The highest BCUT2D eigenvalue weighted by atomic mass is 19.4. The Balaban J connectivity index is 3.96. The van der Waals surface area contributed by atoms with Gasteiger partial charge >= 0.3 is 12.4 Å². The minimum Gasteiger partial charge on any atom is -0.171 e. The van der Waals surface area contributed by atoms with Gasteiger partial charge in [-0.05, 0) is 12.8 Å². The Kier molecular flexibility index (Phi) is 5.35. The van der Waals surface area contributed by atoms with E-state index in [1.54, 1.807) is 0 Å². The Bertz CT molecular complexity index is 224. The average Bonchev–Trinajstić information content (AvgIpc) is 2.08. The molecule has 0 spiro atoms. The van der Waals surface area contributed by atoms with Gasteiger partial charge in [-0.3, -0.25) is 0 Å². The Morgan fingerprint density at radius 3 is 1.81 bits per heavy atom. The number of hydrogen-bond acceptors (Lipinski definition) is 0. The molecule has 0 bridgehead atoms. The predicted molar refractivity (Wildman–Crippen MR) is 48.8 cm³/mol. The maximum absolute atomic E-state index is 12.0. The van der Waals surface area contributed by atoms with Crippen LogP contribution in [0.3, 0.4) is 0 Å². The van der Waals surface area contributed by atoms with Gasteiger partial charge in [-0.15, -0.1) is 0 Å². The van der Waals surface area contributed by atoms with Gasteiger partial charge in [0.05, 0.1) is 11.8 Å².